The molecule has 10 nitrogen and oxygen atoms in total. The van der Waals surface area contributed by atoms with Gasteiger partial charge in [-0.1, -0.05) is 12.1 Å². The van der Waals surface area contributed by atoms with Gasteiger partial charge in [-0.15, -0.1) is 0 Å². The highest BCUT2D eigenvalue weighted by molar-refractivity contribution is 5.94. The maximum atomic E-state index is 12.6. The number of pyridine rings is 2. The molecule has 4 aromatic heterocycles. The van der Waals surface area contributed by atoms with Crippen LogP contribution in [0.15, 0.2) is 72.4 Å². The quantitative estimate of drug-likeness (QED) is 0.396. The van der Waals surface area contributed by atoms with E-state index >= 15 is 0 Å². The molecule has 0 aliphatic heterocycles. The van der Waals surface area contributed by atoms with Crippen LogP contribution < -0.4 is 15.6 Å². The van der Waals surface area contributed by atoms with Crippen molar-refractivity contribution in [2.45, 2.75) is 13.0 Å². The third-order valence-corrected chi connectivity index (χ3v) is 5.15. The topological polar surface area (TPSA) is 124 Å². The SMILES string of the molecule is COc1cncc(-c2cc3cc[nH]c(=O)c3c(Nc3ccc(CCn4cncn4)cc3)n2)n1. The van der Waals surface area contributed by atoms with Crippen LogP contribution in [-0.4, -0.2) is 41.8 Å². The lowest BCUT2D eigenvalue weighted by Gasteiger charge is -2.12. The van der Waals surface area contributed by atoms with E-state index in [1.165, 1.54) is 19.6 Å². The van der Waals surface area contributed by atoms with Gasteiger partial charge in [0.1, 0.15) is 24.2 Å². The summed E-state index contributed by atoms with van der Waals surface area (Å²) in [5.41, 5.74) is 2.86. The molecule has 0 bridgehead atoms. The van der Waals surface area contributed by atoms with Gasteiger partial charge in [0.05, 0.1) is 30.6 Å². The Morgan fingerprint density at radius 2 is 1.94 bits per heavy atom. The number of fused-ring (bicyclic) bond motifs is 1. The normalized spacial score (nSPS) is 10.9. The zero-order valence-electron chi connectivity index (χ0n) is 17.8. The smallest absolute Gasteiger partial charge is 0.259 e. The fourth-order valence-electron chi connectivity index (χ4n) is 3.49. The van der Waals surface area contributed by atoms with Crippen LogP contribution in [-0.2, 0) is 13.0 Å². The minimum Gasteiger partial charge on any atom is -0.480 e. The van der Waals surface area contributed by atoms with Crippen LogP contribution in [0.25, 0.3) is 22.2 Å². The highest BCUT2D eigenvalue weighted by Crippen LogP contribution is 2.27. The molecule has 10 heteroatoms. The number of methoxy groups -OCH3 is 1. The molecular weight excluding hydrogens is 420 g/mol. The fourth-order valence-corrected chi connectivity index (χ4v) is 3.49. The molecule has 0 unspecified atom stereocenters. The van der Waals surface area contributed by atoms with E-state index in [-0.39, 0.29) is 5.56 Å². The minimum absolute atomic E-state index is 0.227. The van der Waals surface area contributed by atoms with Gasteiger partial charge >= 0.3 is 0 Å². The molecule has 0 fully saturated rings. The fraction of sp³-hybridized carbons (Fsp3) is 0.130. The van der Waals surface area contributed by atoms with Crippen LogP contribution >= 0.6 is 0 Å². The van der Waals surface area contributed by atoms with Gasteiger partial charge in [-0.3, -0.25) is 14.5 Å². The number of aryl methyl sites for hydroxylation is 2. The molecule has 4 heterocycles. The van der Waals surface area contributed by atoms with Gasteiger partial charge in [-0.05, 0) is 41.6 Å². The maximum Gasteiger partial charge on any atom is 0.259 e. The van der Waals surface area contributed by atoms with E-state index in [2.05, 4.69) is 35.3 Å². The molecule has 1 aromatic carbocycles. The summed E-state index contributed by atoms with van der Waals surface area (Å²) in [5.74, 6) is 0.820. The van der Waals surface area contributed by atoms with E-state index in [9.17, 15) is 4.79 Å². The highest BCUT2D eigenvalue weighted by Gasteiger charge is 2.13. The number of benzene rings is 1. The molecule has 33 heavy (non-hydrogen) atoms. The summed E-state index contributed by atoms with van der Waals surface area (Å²) in [6.07, 6.45) is 8.80. The number of H-pyrrole nitrogens is 1. The van der Waals surface area contributed by atoms with Gasteiger partial charge in [0.25, 0.3) is 5.56 Å². The maximum absolute atomic E-state index is 12.6. The van der Waals surface area contributed by atoms with Crippen LogP contribution in [0.5, 0.6) is 5.88 Å². The number of hydrogen-bond donors (Lipinski definition) is 2. The number of ether oxygens (including phenoxy) is 1. The lowest BCUT2D eigenvalue weighted by Crippen LogP contribution is -2.09. The van der Waals surface area contributed by atoms with Crippen LogP contribution in [0.4, 0.5) is 11.5 Å². The number of hydrogen-bond acceptors (Lipinski definition) is 8. The van der Waals surface area contributed by atoms with Crippen LogP contribution in [0.3, 0.4) is 0 Å². The third-order valence-electron chi connectivity index (χ3n) is 5.15. The lowest BCUT2D eigenvalue weighted by atomic mass is 10.1. The van der Waals surface area contributed by atoms with Crippen molar-refractivity contribution in [3.05, 3.63) is 83.6 Å². The largest absolute Gasteiger partial charge is 0.480 e. The molecule has 0 atom stereocenters. The molecular formula is C23H20N8O2. The number of nitrogens with zero attached hydrogens (tertiary/aromatic N) is 6. The summed E-state index contributed by atoms with van der Waals surface area (Å²) < 4.78 is 6.98. The van der Waals surface area contributed by atoms with Gasteiger partial charge in [0, 0.05) is 18.4 Å². The molecule has 0 saturated carbocycles. The van der Waals surface area contributed by atoms with Crippen LogP contribution in [0.2, 0.25) is 0 Å². The predicted molar refractivity (Wildman–Crippen MR) is 123 cm³/mol. The summed E-state index contributed by atoms with van der Waals surface area (Å²) in [4.78, 5) is 32.5. The summed E-state index contributed by atoms with van der Waals surface area (Å²) in [6.45, 7) is 0.748. The molecule has 5 aromatic rings. The molecule has 0 aliphatic carbocycles. The van der Waals surface area contributed by atoms with E-state index in [0.29, 0.717) is 28.5 Å². The van der Waals surface area contributed by atoms with E-state index in [0.717, 1.165) is 29.6 Å². The third kappa shape index (κ3) is 4.40. The lowest BCUT2D eigenvalue weighted by molar-refractivity contribution is 0.396. The number of anilines is 2. The zero-order chi connectivity index (χ0) is 22.6. The second-order valence-corrected chi connectivity index (χ2v) is 7.30. The molecule has 5 rings (SSSR count). The first-order chi connectivity index (χ1) is 16.2. The predicted octanol–water partition coefficient (Wildman–Crippen LogP) is 2.97. The van der Waals surface area contributed by atoms with Gasteiger partial charge in [0.2, 0.25) is 5.88 Å². The Morgan fingerprint density at radius 3 is 2.73 bits per heavy atom. The van der Waals surface area contributed by atoms with E-state index in [1.54, 1.807) is 23.4 Å². The molecule has 0 aliphatic rings. The van der Waals surface area contributed by atoms with Crippen molar-refractivity contribution in [1.29, 1.82) is 0 Å². The average Bonchev–Trinajstić information content (AvgIpc) is 3.37. The zero-order valence-corrected chi connectivity index (χ0v) is 17.8. The first kappa shape index (κ1) is 20.3. The highest BCUT2D eigenvalue weighted by atomic mass is 16.5. The number of rotatable bonds is 7. The first-order valence-corrected chi connectivity index (χ1v) is 10.3. The Labute approximate surface area is 188 Å². The first-order valence-electron chi connectivity index (χ1n) is 10.3. The van der Waals surface area contributed by atoms with Crippen molar-refractivity contribution in [1.82, 2.24) is 34.7 Å². The Balaban J connectivity index is 1.47. The van der Waals surface area contributed by atoms with Gasteiger partial charge in [-0.25, -0.2) is 15.0 Å². The Hall–Kier alpha value is -4.60. The Morgan fingerprint density at radius 1 is 1.06 bits per heavy atom. The number of nitrogens with one attached hydrogen (secondary N) is 2. The van der Waals surface area contributed by atoms with Crippen molar-refractivity contribution in [3.8, 4) is 17.3 Å². The van der Waals surface area contributed by atoms with Crippen molar-refractivity contribution >= 4 is 22.3 Å². The Bertz CT molecular complexity index is 1450. The van der Waals surface area contributed by atoms with E-state index in [1.807, 2.05) is 36.4 Å². The standard InChI is InChI=1S/C23H20N8O2/c1-33-20-12-24-11-19(29-20)18-10-16-6-8-26-23(32)21(16)22(30-18)28-17-4-2-15(3-5-17)7-9-31-14-25-13-27-31/h2-6,8,10-14H,7,9H2,1H3,(H,26,32)(H,28,30). The van der Waals surface area contributed by atoms with Crippen molar-refractivity contribution in [2.24, 2.45) is 0 Å². The second-order valence-electron chi connectivity index (χ2n) is 7.30. The minimum atomic E-state index is -0.227. The van der Waals surface area contributed by atoms with Crippen LogP contribution in [0.1, 0.15) is 5.56 Å². The summed E-state index contributed by atoms with van der Waals surface area (Å²) >= 11 is 0. The number of aromatic nitrogens is 7. The van der Waals surface area contributed by atoms with E-state index in [4.69, 9.17) is 4.74 Å². The van der Waals surface area contributed by atoms with Gasteiger partial charge in [-0.2, -0.15) is 5.10 Å². The van der Waals surface area contributed by atoms with Crippen molar-refractivity contribution in [3.63, 3.8) is 0 Å². The molecule has 2 N–H and O–H groups in total. The van der Waals surface area contributed by atoms with E-state index < -0.39 is 0 Å². The second kappa shape index (κ2) is 8.87. The molecule has 0 radical (unpaired) electrons. The van der Waals surface area contributed by atoms with Crippen molar-refractivity contribution < 1.29 is 4.74 Å². The average molecular weight is 440 g/mol. The van der Waals surface area contributed by atoms with Gasteiger partial charge < -0.3 is 15.0 Å². The molecule has 0 spiro atoms. The summed E-state index contributed by atoms with van der Waals surface area (Å²) in [7, 11) is 1.53. The molecule has 164 valence electrons. The van der Waals surface area contributed by atoms with Gasteiger partial charge in [0.15, 0.2) is 0 Å². The monoisotopic (exact) mass is 440 g/mol. The summed E-state index contributed by atoms with van der Waals surface area (Å²) in [5, 5.41) is 8.61. The van der Waals surface area contributed by atoms with Crippen molar-refractivity contribution in [2.75, 3.05) is 12.4 Å². The summed E-state index contributed by atoms with van der Waals surface area (Å²) in [6, 6.07) is 11.6. The molecule has 0 saturated heterocycles. The molecule has 0 amide bonds. The van der Waals surface area contributed by atoms with Crippen LogP contribution in [0, 0.1) is 0 Å². The number of aromatic amines is 1. The Kier molecular flexibility index (Phi) is 5.46.